The third-order valence-electron chi connectivity index (χ3n) is 10.4. The molecule has 0 unspecified atom stereocenters. The molecule has 0 aliphatic carbocycles. The summed E-state index contributed by atoms with van der Waals surface area (Å²) in [5.74, 6) is -0.181. The summed E-state index contributed by atoms with van der Waals surface area (Å²) in [5, 5.41) is 10.7. The number of hydrogen-bond acceptors (Lipinski definition) is 8. The zero-order chi connectivity index (χ0) is 43.8. The molecule has 0 aliphatic rings. The van der Waals surface area contributed by atoms with Crippen LogP contribution in [0.4, 0.5) is 14.4 Å². The van der Waals surface area contributed by atoms with Gasteiger partial charge in [-0.25, -0.2) is 14.4 Å². The lowest BCUT2D eigenvalue weighted by Crippen LogP contribution is -2.44. The van der Waals surface area contributed by atoms with Crippen molar-refractivity contribution in [2.45, 2.75) is 188 Å². The molecule has 0 saturated heterocycles. The van der Waals surface area contributed by atoms with E-state index in [1.807, 2.05) is 4.90 Å². The average Bonchev–Trinajstić information content (AvgIpc) is 3.23. The van der Waals surface area contributed by atoms with E-state index in [-0.39, 0.29) is 70.0 Å². The van der Waals surface area contributed by atoms with Crippen LogP contribution in [-0.4, -0.2) is 107 Å². The Kier molecular flexibility index (Phi) is 39.6. The molecule has 0 bridgehead atoms. The SMILES string of the molecule is CCCCCCCCCCCCCCN(CCCCCCCCCCCCCC)C(=O)CCC(=O)NCCNC(=O)N(S)CCNC(=O)N(S)CCNC(=O)N(S)CC. The van der Waals surface area contributed by atoms with Gasteiger partial charge in [-0.05, 0) is 19.8 Å². The Hall–Kier alpha value is -2.20. The van der Waals surface area contributed by atoms with Crippen molar-refractivity contribution in [2.75, 3.05) is 58.9 Å². The maximum absolute atomic E-state index is 13.3. The summed E-state index contributed by atoms with van der Waals surface area (Å²) in [7, 11) is 0. The molecular weight excluding hydrogens is 805 g/mol. The predicted molar refractivity (Wildman–Crippen MR) is 254 cm³/mol. The van der Waals surface area contributed by atoms with E-state index in [1.54, 1.807) is 6.92 Å². The van der Waals surface area contributed by atoms with E-state index >= 15 is 0 Å². The summed E-state index contributed by atoms with van der Waals surface area (Å²) in [6.07, 6.45) is 31.0. The van der Waals surface area contributed by atoms with Gasteiger partial charge in [0.15, 0.2) is 0 Å². The molecule has 0 heterocycles. The first kappa shape index (κ1) is 56.8. The first-order valence-electron chi connectivity index (χ1n) is 23.3. The van der Waals surface area contributed by atoms with E-state index < -0.39 is 12.1 Å². The molecule has 0 spiro atoms. The number of nitrogens with zero attached hydrogens (tertiary/aromatic N) is 4. The second kappa shape index (κ2) is 41.2. The maximum atomic E-state index is 13.3. The number of thiol groups is 3. The highest BCUT2D eigenvalue weighted by Gasteiger charge is 2.16. The lowest BCUT2D eigenvalue weighted by atomic mass is 10.0. The molecule has 346 valence electrons. The quantitative estimate of drug-likeness (QED) is 0.0243. The number of hydrogen-bond donors (Lipinski definition) is 7. The third kappa shape index (κ3) is 35.1. The maximum Gasteiger partial charge on any atom is 0.327 e. The highest BCUT2D eigenvalue weighted by Crippen LogP contribution is 2.15. The molecule has 0 fully saturated rings. The number of carbonyl (C=O) groups excluding carboxylic acids is 5. The van der Waals surface area contributed by atoms with Gasteiger partial charge >= 0.3 is 18.1 Å². The molecule has 16 heteroatoms. The van der Waals surface area contributed by atoms with Gasteiger partial charge in [0.1, 0.15) is 0 Å². The Balaban J connectivity index is 4.44. The van der Waals surface area contributed by atoms with Crippen molar-refractivity contribution in [1.29, 1.82) is 0 Å². The van der Waals surface area contributed by atoms with Gasteiger partial charge < -0.3 is 26.2 Å². The molecule has 59 heavy (non-hydrogen) atoms. The number of carbonyl (C=O) groups is 5. The van der Waals surface area contributed by atoms with Gasteiger partial charge in [-0.3, -0.25) is 22.5 Å². The van der Waals surface area contributed by atoms with Crippen molar-refractivity contribution in [3.05, 3.63) is 0 Å². The van der Waals surface area contributed by atoms with Crippen LogP contribution in [0.15, 0.2) is 0 Å². The Morgan fingerprint density at radius 1 is 0.373 bits per heavy atom. The number of nitrogens with one attached hydrogen (secondary N) is 4. The number of amides is 8. The van der Waals surface area contributed by atoms with Crippen LogP contribution in [0.2, 0.25) is 0 Å². The second-order valence-electron chi connectivity index (χ2n) is 15.7. The molecule has 0 rings (SSSR count). The minimum atomic E-state index is -0.485. The first-order valence-corrected chi connectivity index (χ1v) is 24.5. The standard InChI is InChI=1S/C43H86N8O5S3/c1-4-7-9-11-13-15-17-19-21-23-25-27-35-48(36-28-26-24-22-20-18-16-14-12-10-8-5-2)40(53)30-29-39(52)44-31-32-45-42(55)50(58)38-34-47-43(56)51(59)37-33-46-41(54)49(57)6-3/h57-59H,4-38H2,1-3H3,(H,44,52)(H,45,55)(H,46,54)(H,47,56). The summed E-state index contributed by atoms with van der Waals surface area (Å²) in [6, 6.07) is -1.33. The zero-order valence-electron chi connectivity index (χ0n) is 37.4. The minimum Gasteiger partial charge on any atom is -0.354 e. The van der Waals surface area contributed by atoms with Crippen molar-refractivity contribution in [3.63, 3.8) is 0 Å². The van der Waals surface area contributed by atoms with Crippen molar-refractivity contribution in [3.8, 4) is 0 Å². The fourth-order valence-electron chi connectivity index (χ4n) is 6.64. The van der Waals surface area contributed by atoms with Crippen LogP contribution >= 0.6 is 38.4 Å². The minimum absolute atomic E-state index is 0.0435. The van der Waals surface area contributed by atoms with Crippen molar-refractivity contribution in [1.82, 2.24) is 39.1 Å². The molecule has 0 atom stereocenters. The largest absolute Gasteiger partial charge is 0.354 e. The van der Waals surface area contributed by atoms with Crippen LogP contribution < -0.4 is 21.3 Å². The van der Waals surface area contributed by atoms with Crippen molar-refractivity contribution < 1.29 is 24.0 Å². The Morgan fingerprint density at radius 3 is 1.07 bits per heavy atom. The Bertz CT molecular complexity index is 1050. The normalized spacial score (nSPS) is 10.9. The van der Waals surface area contributed by atoms with E-state index in [4.69, 9.17) is 0 Å². The van der Waals surface area contributed by atoms with Gasteiger partial charge in [0, 0.05) is 58.7 Å². The molecule has 0 aliphatic heterocycles. The number of unbranched alkanes of at least 4 members (excludes halogenated alkanes) is 22. The lowest BCUT2D eigenvalue weighted by molar-refractivity contribution is -0.133. The topological polar surface area (TPSA) is 146 Å². The average molecular weight is 891 g/mol. The smallest absolute Gasteiger partial charge is 0.327 e. The van der Waals surface area contributed by atoms with Gasteiger partial charge in [-0.15, -0.1) is 0 Å². The number of urea groups is 3. The van der Waals surface area contributed by atoms with Gasteiger partial charge in [0.25, 0.3) is 0 Å². The molecule has 0 aromatic rings. The van der Waals surface area contributed by atoms with E-state index in [2.05, 4.69) is 73.6 Å². The zero-order valence-corrected chi connectivity index (χ0v) is 40.1. The molecule has 0 saturated carbocycles. The van der Waals surface area contributed by atoms with E-state index in [1.165, 1.54) is 133 Å². The summed E-state index contributed by atoms with van der Waals surface area (Å²) in [4.78, 5) is 64.3. The fourth-order valence-corrected chi connectivity index (χ4v) is 7.06. The summed E-state index contributed by atoms with van der Waals surface area (Å²) >= 11 is 12.3. The lowest BCUT2D eigenvalue weighted by Gasteiger charge is -2.23. The summed E-state index contributed by atoms with van der Waals surface area (Å²) in [5.41, 5.74) is 0. The fraction of sp³-hybridized carbons (Fsp3) is 0.884. The second-order valence-corrected chi connectivity index (χ2v) is 17.1. The van der Waals surface area contributed by atoms with E-state index in [0.717, 1.165) is 47.4 Å². The molecule has 0 aromatic carbocycles. The Morgan fingerprint density at radius 2 is 0.695 bits per heavy atom. The highest BCUT2D eigenvalue weighted by atomic mass is 32.1. The van der Waals surface area contributed by atoms with Crippen LogP contribution in [0.5, 0.6) is 0 Å². The van der Waals surface area contributed by atoms with Crippen molar-refractivity contribution in [2.24, 2.45) is 0 Å². The predicted octanol–water partition coefficient (Wildman–Crippen LogP) is 9.70. The molecule has 0 radical (unpaired) electrons. The van der Waals surface area contributed by atoms with Crippen LogP contribution in [0, 0.1) is 0 Å². The van der Waals surface area contributed by atoms with Crippen LogP contribution in [0.25, 0.3) is 0 Å². The molecule has 4 N–H and O–H groups in total. The highest BCUT2D eigenvalue weighted by molar-refractivity contribution is 7.78. The van der Waals surface area contributed by atoms with E-state index in [0.29, 0.717) is 6.54 Å². The third-order valence-corrected chi connectivity index (χ3v) is 11.6. The van der Waals surface area contributed by atoms with Gasteiger partial charge in [0.2, 0.25) is 11.8 Å². The van der Waals surface area contributed by atoms with Crippen LogP contribution in [0.1, 0.15) is 188 Å². The monoisotopic (exact) mass is 891 g/mol. The molecule has 0 aromatic heterocycles. The van der Waals surface area contributed by atoms with Crippen molar-refractivity contribution >= 4 is 68.4 Å². The molecular formula is C43H86N8O5S3. The van der Waals surface area contributed by atoms with Crippen LogP contribution in [-0.2, 0) is 9.59 Å². The van der Waals surface area contributed by atoms with Gasteiger partial charge in [-0.1, -0.05) is 194 Å². The first-order chi connectivity index (χ1) is 28.6. The van der Waals surface area contributed by atoms with E-state index in [9.17, 15) is 24.0 Å². The molecule has 8 amide bonds. The number of rotatable bonds is 39. The molecule has 13 nitrogen and oxygen atoms in total. The summed E-state index contributed by atoms with van der Waals surface area (Å²) in [6.45, 7) is 9.25. The van der Waals surface area contributed by atoms with Gasteiger partial charge in [0.05, 0.1) is 13.1 Å². The van der Waals surface area contributed by atoms with Gasteiger partial charge in [-0.2, -0.15) is 0 Å². The van der Waals surface area contributed by atoms with Crippen LogP contribution in [0.3, 0.4) is 0 Å². The summed E-state index contributed by atoms with van der Waals surface area (Å²) < 4.78 is 3.45. The Labute approximate surface area is 376 Å².